The fraction of sp³-hybridized carbons (Fsp3) is 0.471. The van der Waals surface area contributed by atoms with Crippen LogP contribution in [-0.4, -0.2) is 9.97 Å². The fourth-order valence-electron chi connectivity index (χ4n) is 2.89. The van der Waals surface area contributed by atoms with Gasteiger partial charge in [-0.25, -0.2) is 4.98 Å². The molecule has 1 aliphatic rings. The number of aromatic nitrogens is 2. The first-order valence-corrected chi connectivity index (χ1v) is 7.34. The molecule has 0 amide bonds. The number of H-pyrrole nitrogens is 1. The Morgan fingerprint density at radius 1 is 1.16 bits per heavy atom. The van der Waals surface area contributed by atoms with Crippen LogP contribution in [0.15, 0.2) is 18.2 Å². The van der Waals surface area contributed by atoms with Gasteiger partial charge in [0.2, 0.25) is 0 Å². The summed E-state index contributed by atoms with van der Waals surface area (Å²) < 4.78 is 0. The fourth-order valence-corrected chi connectivity index (χ4v) is 2.89. The van der Waals surface area contributed by atoms with Crippen LogP contribution in [0.25, 0.3) is 11.3 Å². The third kappa shape index (κ3) is 2.32. The minimum Gasteiger partial charge on any atom is -0.342 e. The van der Waals surface area contributed by atoms with Crippen LogP contribution in [0.2, 0.25) is 0 Å². The van der Waals surface area contributed by atoms with Crippen molar-refractivity contribution < 1.29 is 0 Å². The van der Waals surface area contributed by atoms with E-state index < -0.39 is 0 Å². The Bertz CT molecular complexity index is 593. The van der Waals surface area contributed by atoms with Crippen LogP contribution in [0.5, 0.6) is 0 Å². The molecular formula is C17H22N2. The van der Waals surface area contributed by atoms with Crippen LogP contribution in [0, 0.1) is 6.92 Å². The molecule has 0 saturated carbocycles. The van der Waals surface area contributed by atoms with Crippen molar-refractivity contribution in [3.63, 3.8) is 0 Å². The molecule has 0 radical (unpaired) electrons. The SMILES string of the molecule is Cc1ccc2c(c1)CCCCc1nc(C(C)C)[nH]c1-2. The van der Waals surface area contributed by atoms with E-state index in [4.69, 9.17) is 4.98 Å². The van der Waals surface area contributed by atoms with Gasteiger partial charge in [0.1, 0.15) is 5.82 Å². The Morgan fingerprint density at radius 2 is 1.95 bits per heavy atom. The maximum Gasteiger partial charge on any atom is 0.109 e. The normalized spacial score (nSPS) is 14.7. The first kappa shape index (κ1) is 12.5. The highest BCUT2D eigenvalue weighted by Crippen LogP contribution is 2.32. The van der Waals surface area contributed by atoms with E-state index in [1.54, 1.807) is 0 Å². The molecule has 1 aromatic carbocycles. The Kier molecular flexibility index (Phi) is 3.17. The summed E-state index contributed by atoms with van der Waals surface area (Å²) in [5.74, 6) is 1.58. The molecule has 0 bridgehead atoms. The van der Waals surface area contributed by atoms with Gasteiger partial charge in [0.25, 0.3) is 0 Å². The van der Waals surface area contributed by atoms with Crippen LogP contribution < -0.4 is 0 Å². The summed E-state index contributed by atoms with van der Waals surface area (Å²) in [6, 6.07) is 6.80. The standard InChI is InChI=1S/C17H22N2/c1-11(2)17-18-15-7-5-4-6-13-10-12(3)8-9-14(13)16(15)19-17/h8-11H,4-7H2,1-3H3,(H,18,19). The number of rotatable bonds is 1. The minimum atomic E-state index is 0.460. The van der Waals surface area contributed by atoms with Crippen LogP contribution in [0.3, 0.4) is 0 Å². The van der Waals surface area contributed by atoms with E-state index in [2.05, 4.69) is 44.0 Å². The number of aryl methyl sites for hydroxylation is 3. The summed E-state index contributed by atoms with van der Waals surface area (Å²) in [7, 11) is 0. The highest BCUT2D eigenvalue weighted by atomic mass is 14.9. The van der Waals surface area contributed by atoms with Gasteiger partial charge < -0.3 is 4.98 Å². The minimum absolute atomic E-state index is 0.460. The molecule has 1 heterocycles. The average molecular weight is 254 g/mol. The number of hydrogen-bond acceptors (Lipinski definition) is 1. The Morgan fingerprint density at radius 3 is 2.74 bits per heavy atom. The first-order chi connectivity index (χ1) is 9.15. The monoisotopic (exact) mass is 254 g/mol. The van der Waals surface area contributed by atoms with Crippen molar-refractivity contribution in [3.8, 4) is 11.3 Å². The Hall–Kier alpha value is -1.57. The summed E-state index contributed by atoms with van der Waals surface area (Å²) in [5.41, 5.74) is 6.70. The van der Waals surface area contributed by atoms with Crippen molar-refractivity contribution in [2.24, 2.45) is 0 Å². The number of hydrogen-bond donors (Lipinski definition) is 1. The van der Waals surface area contributed by atoms with Crippen molar-refractivity contribution in [2.75, 3.05) is 0 Å². The van der Waals surface area contributed by atoms with Crippen molar-refractivity contribution in [3.05, 3.63) is 40.8 Å². The lowest BCUT2D eigenvalue weighted by atomic mass is 9.92. The van der Waals surface area contributed by atoms with Crippen LogP contribution in [-0.2, 0) is 12.8 Å². The van der Waals surface area contributed by atoms with Gasteiger partial charge >= 0.3 is 0 Å². The number of aromatic amines is 1. The quantitative estimate of drug-likeness (QED) is 0.803. The zero-order chi connectivity index (χ0) is 13.4. The molecule has 0 aliphatic heterocycles. The van der Waals surface area contributed by atoms with Crippen molar-refractivity contribution in [1.29, 1.82) is 0 Å². The van der Waals surface area contributed by atoms with Crippen LogP contribution in [0.1, 0.15) is 55.3 Å². The molecule has 1 aliphatic carbocycles. The molecule has 0 spiro atoms. The number of benzene rings is 1. The van der Waals surface area contributed by atoms with E-state index in [0.717, 1.165) is 12.2 Å². The second kappa shape index (κ2) is 4.84. The zero-order valence-electron chi connectivity index (χ0n) is 12.1. The average Bonchev–Trinajstić information content (AvgIpc) is 2.76. The first-order valence-electron chi connectivity index (χ1n) is 7.34. The molecule has 1 aromatic heterocycles. The van der Waals surface area contributed by atoms with Crippen molar-refractivity contribution in [2.45, 2.75) is 52.4 Å². The highest BCUT2D eigenvalue weighted by molar-refractivity contribution is 5.67. The predicted octanol–water partition coefficient (Wildman–Crippen LogP) is 4.39. The molecule has 1 N–H and O–H groups in total. The molecule has 2 heteroatoms. The van der Waals surface area contributed by atoms with E-state index >= 15 is 0 Å². The van der Waals surface area contributed by atoms with Gasteiger partial charge in [0, 0.05) is 11.5 Å². The number of nitrogens with one attached hydrogen (secondary N) is 1. The van der Waals surface area contributed by atoms with E-state index in [9.17, 15) is 0 Å². The topological polar surface area (TPSA) is 28.7 Å². The second-order valence-electron chi connectivity index (χ2n) is 5.97. The van der Waals surface area contributed by atoms with Crippen molar-refractivity contribution in [1.82, 2.24) is 9.97 Å². The molecule has 100 valence electrons. The molecule has 0 fully saturated rings. The lowest BCUT2D eigenvalue weighted by Crippen LogP contribution is -2.00. The number of nitrogens with zero attached hydrogens (tertiary/aromatic N) is 1. The smallest absolute Gasteiger partial charge is 0.109 e. The molecule has 2 nitrogen and oxygen atoms in total. The largest absolute Gasteiger partial charge is 0.342 e. The molecule has 3 rings (SSSR count). The van der Waals surface area contributed by atoms with Gasteiger partial charge in [0.05, 0.1) is 11.4 Å². The van der Waals surface area contributed by atoms with Gasteiger partial charge in [0.15, 0.2) is 0 Å². The lowest BCUT2D eigenvalue weighted by Gasteiger charge is -2.14. The lowest BCUT2D eigenvalue weighted by molar-refractivity contribution is 0.715. The molecule has 0 saturated heterocycles. The third-order valence-corrected chi connectivity index (χ3v) is 3.98. The van der Waals surface area contributed by atoms with Gasteiger partial charge in [-0.2, -0.15) is 0 Å². The van der Waals surface area contributed by atoms with Gasteiger partial charge in [-0.1, -0.05) is 37.6 Å². The van der Waals surface area contributed by atoms with Gasteiger partial charge in [-0.15, -0.1) is 0 Å². The summed E-state index contributed by atoms with van der Waals surface area (Å²) >= 11 is 0. The predicted molar refractivity (Wildman–Crippen MR) is 79.5 cm³/mol. The summed E-state index contributed by atoms with van der Waals surface area (Å²) in [6.45, 7) is 6.57. The van der Waals surface area contributed by atoms with E-state index in [0.29, 0.717) is 5.92 Å². The third-order valence-electron chi connectivity index (χ3n) is 3.98. The molecule has 19 heavy (non-hydrogen) atoms. The summed E-state index contributed by atoms with van der Waals surface area (Å²) in [6.07, 6.45) is 4.79. The van der Waals surface area contributed by atoms with E-state index in [1.807, 2.05) is 0 Å². The van der Waals surface area contributed by atoms with Crippen LogP contribution >= 0.6 is 0 Å². The zero-order valence-corrected chi connectivity index (χ0v) is 12.1. The number of imidazole rings is 1. The summed E-state index contributed by atoms with van der Waals surface area (Å²) in [5, 5.41) is 0. The molecule has 0 atom stereocenters. The second-order valence-corrected chi connectivity index (χ2v) is 5.97. The maximum atomic E-state index is 4.82. The number of fused-ring (bicyclic) bond motifs is 3. The Labute approximate surface area is 115 Å². The summed E-state index contributed by atoms with van der Waals surface area (Å²) in [4.78, 5) is 8.38. The Balaban J connectivity index is 2.16. The van der Waals surface area contributed by atoms with Crippen molar-refractivity contribution >= 4 is 0 Å². The maximum absolute atomic E-state index is 4.82. The van der Waals surface area contributed by atoms with Gasteiger partial charge in [-0.05, 0) is 38.2 Å². The van der Waals surface area contributed by atoms with E-state index in [1.165, 1.54) is 47.3 Å². The van der Waals surface area contributed by atoms with Gasteiger partial charge in [-0.3, -0.25) is 0 Å². The highest BCUT2D eigenvalue weighted by Gasteiger charge is 2.18. The van der Waals surface area contributed by atoms with E-state index in [-0.39, 0.29) is 0 Å². The molecule has 2 aromatic rings. The van der Waals surface area contributed by atoms with Crippen LogP contribution in [0.4, 0.5) is 0 Å². The molecular weight excluding hydrogens is 232 g/mol. The molecule has 0 unspecified atom stereocenters.